The molecule has 0 saturated heterocycles. The number of ether oxygens (including phenoxy) is 1. The first-order chi connectivity index (χ1) is 7.22. The van der Waals surface area contributed by atoms with Crippen molar-refractivity contribution in [2.24, 2.45) is 0 Å². The van der Waals surface area contributed by atoms with E-state index in [4.69, 9.17) is 10.5 Å². The topological polar surface area (TPSA) is 47.3 Å². The number of hydrogen-bond donors (Lipinski definition) is 2. The molecule has 0 saturated carbocycles. The standard InChI is InChI=1S/C12H20N2O/c1-4-9(5-2)14-10-7-6-8-11(15-3)12(10)13/h6-9,14H,4-5,13H2,1-3H3. The Labute approximate surface area is 91.6 Å². The number of benzene rings is 1. The molecule has 0 aliphatic carbocycles. The van der Waals surface area contributed by atoms with E-state index >= 15 is 0 Å². The molecular weight excluding hydrogens is 188 g/mol. The van der Waals surface area contributed by atoms with Crippen molar-refractivity contribution in [1.82, 2.24) is 0 Å². The number of hydrogen-bond acceptors (Lipinski definition) is 3. The average Bonchev–Trinajstić information content (AvgIpc) is 2.28. The minimum atomic E-state index is 0.472. The van der Waals surface area contributed by atoms with E-state index in [-0.39, 0.29) is 0 Å². The Kier molecular flexibility index (Phi) is 4.28. The maximum atomic E-state index is 5.96. The second-order valence-corrected chi connectivity index (χ2v) is 3.58. The van der Waals surface area contributed by atoms with Crippen molar-refractivity contribution >= 4 is 11.4 Å². The second kappa shape index (κ2) is 5.49. The summed E-state index contributed by atoms with van der Waals surface area (Å²) in [5.74, 6) is 0.728. The first kappa shape index (κ1) is 11.7. The van der Waals surface area contributed by atoms with Crippen molar-refractivity contribution in [2.45, 2.75) is 32.7 Å². The molecule has 0 aliphatic heterocycles. The molecule has 1 rings (SSSR count). The Morgan fingerprint density at radius 1 is 1.33 bits per heavy atom. The minimum Gasteiger partial charge on any atom is -0.495 e. The van der Waals surface area contributed by atoms with E-state index in [1.165, 1.54) is 0 Å². The summed E-state index contributed by atoms with van der Waals surface area (Å²) >= 11 is 0. The van der Waals surface area contributed by atoms with Gasteiger partial charge in [0.1, 0.15) is 5.75 Å². The Balaban J connectivity index is 2.85. The molecule has 3 nitrogen and oxygen atoms in total. The van der Waals surface area contributed by atoms with Crippen LogP contribution in [0, 0.1) is 0 Å². The number of para-hydroxylation sites is 1. The number of methoxy groups -OCH3 is 1. The molecule has 0 amide bonds. The Bertz CT molecular complexity index is 308. The lowest BCUT2D eigenvalue weighted by atomic mass is 10.1. The number of nitrogen functional groups attached to an aromatic ring is 1. The van der Waals surface area contributed by atoms with Crippen LogP contribution in [0.4, 0.5) is 11.4 Å². The van der Waals surface area contributed by atoms with Gasteiger partial charge >= 0.3 is 0 Å². The van der Waals surface area contributed by atoms with Crippen molar-refractivity contribution in [3.63, 3.8) is 0 Å². The zero-order valence-corrected chi connectivity index (χ0v) is 9.71. The van der Waals surface area contributed by atoms with E-state index in [1.807, 2.05) is 18.2 Å². The van der Waals surface area contributed by atoms with Crippen LogP contribution in [0.15, 0.2) is 18.2 Å². The molecule has 0 radical (unpaired) electrons. The highest BCUT2D eigenvalue weighted by atomic mass is 16.5. The number of nitrogens with two attached hydrogens (primary N) is 1. The molecule has 0 aliphatic rings. The zero-order chi connectivity index (χ0) is 11.3. The van der Waals surface area contributed by atoms with Gasteiger partial charge in [-0.25, -0.2) is 0 Å². The SMILES string of the molecule is CCC(CC)Nc1cccc(OC)c1N. The minimum absolute atomic E-state index is 0.472. The third-order valence-corrected chi connectivity index (χ3v) is 2.63. The van der Waals surface area contributed by atoms with E-state index < -0.39 is 0 Å². The van der Waals surface area contributed by atoms with Crippen molar-refractivity contribution in [3.8, 4) is 5.75 Å². The molecule has 84 valence electrons. The fourth-order valence-corrected chi connectivity index (χ4v) is 1.56. The van der Waals surface area contributed by atoms with Gasteiger partial charge < -0.3 is 15.8 Å². The predicted molar refractivity (Wildman–Crippen MR) is 65.4 cm³/mol. The van der Waals surface area contributed by atoms with Crippen LogP contribution in [0.5, 0.6) is 5.75 Å². The van der Waals surface area contributed by atoms with Crippen LogP contribution in [0.3, 0.4) is 0 Å². The lowest BCUT2D eigenvalue weighted by Crippen LogP contribution is -2.18. The predicted octanol–water partition coefficient (Wildman–Crippen LogP) is 2.88. The largest absolute Gasteiger partial charge is 0.495 e. The molecule has 0 fully saturated rings. The fraction of sp³-hybridized carbons (Fsp3) is 0.500. The summed E-state index contributed by atoms with van der Waals surface area (Å²) in [5, 5.41) is 3.42. The quantitative estimate of drug-likeness (QED) is 0.731. The monoisotopic (exact) mass is 208 g/mol. The highest BCUT2D eigenvalue weighted by Gasteiger charge is 2.08. The lowest BCUT2D eigenvalue weighted by molar-refractivity contribution is 0.417. The van der Waals surface area contributed by atoms with E-state index in [2.05, 4.69) is 19.2 Å². The summed E-state index contributed by atoms with van der Waals surface area (Å²) in [6.45, 7) is 4.33. The molecule has 15 heavy (non-hydrogen) atoms. The number of anilines is 2. The van der Waals surface area contributed by atoms with Crippen LogP contribution in [-0.4, -0.2) is 13.2 Å². The zero-order valence-electron chi connectivity index (χ0n) is 9.71. The van der Waals surface area contributed by atoms with E-state index in [1.54, 1.807) is 7.11 Å². The van der Waals surface area contributed by atoms with Crippen LogP contribution >= 0.6 is 0 Å². The van der Waals surface area contributed by atoms with Gasteiger partial charge in [-0.2, -0.15) is 0 Å². The molecular formula is C12H20N2O. The molecule has 0 atom stereocenters. The van der Waals surface area contributed by atoms with Crippen molar-refractivity contribution in [3.05, 3.63) is 18.2 Å². The maximum absolute atomic E-state index is 5.96. The van der Waals surface area contributed by atoms with E-state index in [9.17, 15) is 0 Å². The fourth-order valence-electron chi connectivity index (χ4n) is 1.56. The van der Waals surface area contributed by atoms with Crippen LogP contribution in [0.2, 0.25) is 0 Å². The molecule has 0 spiro atoms. The highest BCUT2D eigenvalue weighted by Crippen LogP contribution is 2.29. The summed E-state index contributed by atoms with van der Waals surface area (Å²) in [7, 11) is 1.63. The summed E-state index contributed by atoms with van der Waals surface area (Å²) in [6.07, 6.45) is 2.18. The number of rotatable bonds is 5. The first-order valence-electron chi connectivity index (χ1n) is 5.41. The second-order valence-electron chi connectivity index (χ2n) is 3.58. The highest BCUT2D eigenvalue weighted by molar-refractivity contribution is 5.73. The summed E-state index contributed by atoms with van der Waals surface area (Å²) in [4.78, 5) is 0. The van der Waals surface area contributed by atoms with Crippen LogP contribution in [0.1, 0.15) is 26.7 Å². The van der Waals surface area contributed by atoms with Crippen LogP contribution in [-0.2, 0) is 0 Å². The summed E-state index contributed by atoms with van der Waals surface area (Å²) in [5.41, 5.74) is 7.61. The molecule has 0 unspecified atom stereocenters. The van der Waals surface area contributed by atoms with E-state index in [0.717, 1.165) is 24.3 Å². The first-order valence-corrected chi connectivity index (χ1v) is 5.41. The van der Waals surface area contributed by atoms with Crippen molar-refractivity contribution < 1.29 is 4.74 Å². The van der Waals surface area contributed by atoms with Crippen molar-refractivity contribution in [1.29, 1.82) is 0 Å². The van der Waals surface area contributed by atoms with Gasteiger partial charge in [0.25, 0.3) is 0 Å². The Hall–Kier alpha value is -1.38. The third-order valence-electron chi connectivity index (χ3n) is 2.63. The average molecular weight is 208 g/mol. The van der Waals surface area contributed by atoms with Gasteiger partial charge in [0.2, 0.25) is 0 Å². The van der Waals surface area contributed by atoms with Gasteiger partial charge in [0, 0.05) is 6.04 Å². The van der Waals surface area contributed by atoms with Gasteiger partial charge in [0.15, 0.2) is 0 Å². The smallest absolute Gasteiger partial charge is 0.143 e. The Morgan fingerprint density at radius 3 is 2.53 bits per heavy atom. The van der Waals surface area contributed by atoms with Gasteiger partial charge in [-0.1, -0.05) is 19.9 Å². The van der Waals surface area contributed by atoms with Crippen LogP contribution < -0.4 is 15.8 Å². The molecule has 0 bridgehead atoms. The van der Waals surface area contributed by atoms with E-state index in [0.29, 0.717) is 11.7 Å². The molecule has 3 N–H and O–H groups in total. The van der Waals surface area contributed by atoms with Gasteiger partial charge in [0.05, 0.1) is 18.5 Å². The Morgan fingerprint density at radius 2 is 2.00 bits per heavy atom. The van der Waals surface area contributed by atoms with Crippen molar-refractivity contribution in [2.75, 3.05) is 18.2 Å². The molecule has 3 heteroatoms. The van der Waals surface area contributed by atoms with Crippen LogP contribution in [0.25, 0.3) is 0 Å². The number of nitrogens with one attached hydrogen (secondary N) is 1. The maximum Gasteiger partial charge on any atom is 0.143 e. The third kappa shape index (κ3) is 2.78. The molecule has 0 aromatic heterocycles. The van der Waals surface area contributed by atoms with Gasteiger partial charge in [-0.05, 0) is 25.0 Å². The van der Waals surface area contributed by atoms with Gasteiger partial charge in [-0.15, -0.1) is 0 Å². The summed E-state index contributed by atoms with van der Waals surface area (Å²) < 4.78 is 5.17. The normalized spacial score (nSPS) is 10.4. The van der Waals surface area contributed by atoms with Gasteiger partial charge in [-0.3, -0.25) is 0 Å². The summed E-state index contributed by atoms with van der Waals surface area (Å²) in [6, 6.07) is 6.27. The lowest BCUT2D eigenvalue weighted by Gasteiger charge is -2.18. The molecule has 1 aromatic carbocycles. The molecule has 1 aromatic rings. The molecule has 0 heterocycles.